The van der Waals surface area contributed by atoms with Gasteiger partial charge < -0.3 is 5.32 Å². The van der Waals surface area contributed by atoms with Crippen LogP contribution in [-0.2, 0) is 16.4 Å². The predicted octanol–water partition coefficient (Wildman–Crippen LogP) is 4.68. The van der Waals surface area contributed by atoms with Gasteiger partial charge in [0.1, 0.15) is 0 Å². The molecule has 0 atom stereocenters. The molecule has 0 heterocycles. The van der Waals surface area contributed by atoms with Crippen molar-refractivity contribution >= 4 is 5.91 Å². The molecule has 0 unspecified atom stereocenters. The summed E-state index contributed by atoms with van der Waals surface area (Å²) in [6.07, 6.45) is 0.757. The number of alkyl halides is 3. The highest BCUT2D eigenvalue weighted by Crippen LogP contribution is 2.32. The van der Waals surface area contributed by atoms with Gasteiger partial charge in [0.15, 0.2) is 0 Å². The summed E-state index contributed by atoms with van der Waals surface area (Å²) in [6.45, 7) is 4.02. The fraction of sp³-hybridized carbons (Fsp3) is 0.611. The summed E-state index contributed by atoms with van der Waals surface area (Å²) in [7, 11) is 0. The van der Waals surface area contributed by atoms with Crippen LogP contribution in [0.2, 0.25) is 0 Å². The molecule has 1 aliphatic rings. The summed E-state index contributed by atoms with van der Waals surface area (Å²) >= 11 is 0. The van der Waals surface area contributed by atoms with E-state index in [1.807, 2.05) is 13.8 Å². The lowest BCUT2D eigenvalue weighted by Crippen LogP contribution is -2.37. The fourth-order valence-corrected chi connectivity index (χ4v) is 3.09. The third-order valence-electron chi connectivity index (χ3n) is 4.65. The van der Waals surface area contributed by atoms with Gasteiger partial charge in [-0.25, -0.2) is 0 Å². The minimum atomic E-state index is -4.35. The van der Waals surface area contributed by atoms with Crippen LogP contribution in [-0.4, -0.2) is 12.5 Å². The highest BCUT2D eigenvalue weighted by atomic mass is 19.4. The largest absolute Gasteiger partial charge is 0.416 e. The molecule has 1 fully saturated rings. The zero-order chi connectivity index (χ0) is 17.1. The number of carbonyl (C=O) groups is 1. The van der Waals surface area contributed by atoms with E-state index in [0.29, 0.717) is 24.4 Å². The van der Waals surface area contributed by atoms with Gasteiger partial charge in [0.05, 0.1) is 5.56 Å². The lowest BCUT2D eigenvalue weighted by Gasteiger charge is -2.27. The number of carbonyl (C=O) groups excluding carboxylic acids is 1. The van der Waals surface area contributed by atoms with Gasteiger partial charge in [-0.2, -0.15) is 13.2 Å². The molecule has 1 aromatic carbocycles. The minimum Gasteiger partial charge on any atom is -0.355 e. The van der Waals surface area contributed by atoms with Crippen molar-refractivity contribution in [3.8, 4) is 0 Å². The second kappa shape index (κ2) is 6.93. The van der Waals surface area contributed by atoms with Gasteiger partial charge in [0.25, 0.3) is 0 Å². The average Bonchev–Trinajstić information content (AvgIpc) is 2.97. The Labute approximate surface area is 135 Å². The number of benzene rings is 1. The normalized spacial score (nSPS) is 16.6. The van der Waals surface area contributed by atoms with Crippen LogP contribution >= 0.6 is 0 Å². The SMILES string of the molecule is CC(C)(CNC(=O)CC1CCCC1)c1cccc(C(F)(F)F)c1. The summed E-state index contributed by atoms with van der Waals surface area (Å²) in [5, 5.41) is 2.89. The molecule has 0 spiro atoms. The van der Waals surface area contributed by atoms with E-state index < -0.39 is 17.2 Å². The Bertz CT molecular complexity index is 545. The first-order valence-corrected chi connectivity index (χ1v) is 8.13. The maximum absolute atomic E-state index is 12.8. The van der Waals surface area contributed by atoms with Crippen LogP contribution in [0, 0.1) is 5.92 Å². The van der Waals surface area contributed by atoms with Crippen molar-refractivity contribution in [3.63, 3.8) is 0 Å². The van der Waals surface area contributed by atoms with Crippen molar-refractivity contribution in [3.05, 3.63) is 35.4 Å². The van der Waals surface area contributed by atoms with Crippen LogP contribution in [0.1, 0.15) is 57.1 Å². The second-order valence-electron chi connectivity index (χ2n) is 7.09. The standard InChI is InChI=1S/C18H24F3NO/c1-17(2,12-22-16(23)10-13-6-3-4-7-13)14-8-5-9-15(11-14)18(19,20)21/h5,8-9,11,13H,3-4,6-7,10,12H2,1-2H3,(H,22,23). The van der Waals surface area contributed by atoms with E-state index in [4.69, 9.17) is 0 Å². The van der Waals surface area contributed by atoms with E-state index in [1.54, 1.807) is 6.07 Å². The molecule has 2 nitrogen and oxygen atoms in total. The highest BCUT2D eigenvalue weighted by Gasteiger charge is 2.32. The molecule has 0 aromatic heterocycles. The first kappa shape index (κ1) is 17.8. The molecule has 0 bridgehead atoms. The van der Waals surface area contributed by atoms with Crippen molar-refractivity contribution in [1.82, 2.24) is 5.32 Å². The Morgan fingerprint density at radius 2 is 1.78 bits per heavy atom. The zero-order valence-corrected chi connectivity index (χ0v) is 13.7. The highest BCUT2D eigenvalue weighted by molar-refractivity contribution is 5.76. The van der Waals surface area contributed by atoms with Crippen molar-refractivity contribution in [2.24, 2.45) is 5.92 Å². The van der Waals surface area contributed by atoms with Crippen molar-refractivity contribution < 1.29 is 18.0 Å². The van der Waals surface area contributed by atoms with E-state index in [0.717, 1.165) is 18.9 Å². The molecule has 1 saturated carbocycles. The average molecular weight is 327 g/mol. The molecule has 1 amide bonds. The molecule has 128 valence electrons. The Kier molecular flexibility index (Phi) is 5.37. The second-order valence-corrected chi connectivity index (χ2v) is 7.09. The van der Waals surface area contributed by atoms with Crippen LogP contribution in [0.25, 0.3) is 0 Å². The lowest BCUT2D eigenvalue weighted by molar-refractivity contribution is -0.137. The van der Waals surface area contributed by atoms with Crippen molar-refractivity contribution in [1.29, 1.82) is 0 Å². The molecule has 0 saturated heterocycles. The third kappa shape index (κ3) is 4.98. The molecule has 2 rings (SSSR count). The van der Waals surface area contributed by atoms with E-state index in [-0.39, 0.29) is 5.91 Å². The molecular weight excluding hydrogens is 303 g/mol. The van der Waals surface area contributed by atoms with Gasteiger partial charge in [-0.05, 0) is 30.4 Å². The molecule has 1 aromatic rings. The number of nitrogens with one attached hydrogen (secondary N) is 1. The van der Waals surface area contributed by atoms with Crippen molar-refractivity contribution in [2.45, 2.75) is 57.5 Å². The number of amides is 1. The predicted molar refractivity (Wildman–Crippen MR) is 84.1 cm³/mol. The van der Waals surface area contributed by atoms with Crippen LogP contribution in [0.15, 0.2) is 24.3 Å². The Hall–Kier alpha value is -1.52. The van der Waals surface area contributed by atoms with E-state index in [1.165, 1.54) is 25.0 Å². The molecular formula is C18H24F3NO. The summed E-state index contributed by atoms with van der Waals surface area (Å²) in [6, 6.07) is 5.33. The maximum Gasteiger partial charge on any atom is 0.416 e. The Morgan fingerprint density at radius 1 is 1.17 bits per heavy atom. The third-order valence-corrected chi connectivity index (χ3v) is 4.65. The maximum atomic E-state index is 12.8. The number of halogens is 3. The molecule has 0 aliphatic heterocycles. The van der Waals surface area contributed by atoms with Gasteiger partial charge in [-0.3, -0.25) is 4.79 Å². The molecule has 0 radical (unpaired) electrons. The van der Waals surface area contributed by atoms with Gasteiger partial charge in [-0.1, -0.05) is 44.9 Å². The first-order chi connectivity index (χ1) is 10.7. The Morgan fingerprint density at radius 3 is 2.39 bits per heavy atom. The first-order valence-electron chi connectivity index (χ1n) is 8.13. The lowest BCUT2D eigenvalue weighted by atomic mass is 9.83. The number of rotatable bonds is 5. The molecule has 1 aliphatic carbocycles. The van der Waals surface area contributed by atoms with Crippen LogP contribution < -0.4 is 5.32 Å². The summed E-state index contributed by atoms with van der Waals surface area (Å²) in [4.78, 5) is 12.0. The minimum absolute atomic E-state index is 0.00282. The van der Waals surface area contributed by atoms with E-state index in [2.05, 4.69) is 5.32 Å². The molecule has 5 heteroatoms. The van der Waals surface area contributed by atoms with Gasteiger partial charge >= 0.3 is 6.18 Å². The number of hydrogen-bond donors (Lipinski definition) is 1. The summed E-state index contributed by atoms with van der Waals surface area (Å²) in [5.41, 5.74) is -0.624. The summed E-state index contributed by atoms with van der Waals surface area (Å²) in [5.74, 6) is 0.462. The van der Waals surface area contributed by atoms with E-state index in [9.17, 15) is 18.0 Å². The van der Waals surface area contributed by atoms with E-state index >= 15 is 0 Å². The van der Waals surface area contributed by atoms with Crippen LogP contribution in [0.5, 0.6) is 0 Å². The van der Waals surface area contributed by atoms with Crippen molar-refractivity contribution in [2.75, 3.05) is 6.54 Å². The molecule has 23 heavy (non-hydrogen) atoms. The monoisotopic (exact) mass is 327 g/mol. The smallest absolute Gasteiger partial charge is 0.355 e. The number of hydrogen-bond acceptors (Lipinski definition) is 1. The summed E-state index contributed by atoms with van der Waals surface area (Å²) < 4.78 is 38.5. The Balaban J connectivity index is 1.96. The molecule has 1 N–H and O–H groups in total. The quantitative estimate of drug-likeness (QED) is 0.836. The van der Waals surface area contributed by atoms with Gasteiger partial charge in [-0.15, -0.1) is 0 Å². The fourth-order valence-electron chi connectivity index (χ4n) is 3.09. The van der Waals surface area contributed by atoms with Gasteiger partial charge in [0.2, 0.25) is 5.91 Å². The zero-order valence-electron chi connectivity index (χ0n) is 13.7. The van der Waals surface area contributed by atoms with Gasteiger partial charge in [0, 0.05) is 18.4 Å². The topological polar surface area (TPSA) is 29.1 Å². The van der Waals surface area contributed by atoms with Crippen LogP contribution in [0.3, 0.4) is 0 Å². The van der Waals surface area contributed by atoms with Crippen LogP contribution in [0.4, 0.5) is 13.2 Å².